The Morgan fingerprint density at radius 2 is 1.68 bits per heavy atom. The maximum Gasteiger partial charge on any atom is 0.305 e. The number of methoxy groups -OCH3 is 1. The molecule has 1 saturated heterocycles. The summed E-state index contributed by atoms with van der Waals surface area (Å²) in [6, 6.07) is 8.60. The number of carbonyl (C=O) groups excluding carboxylic acids is 1. The van der Waals surface area contributed by atoms with Crippen LogP contribution in [0.5, 0.6) is 0 Å². The first-order chi connectivity index (χ1) is 20.9. The maximum absolute atomic E-state index is 13.1. The molecule has 5 rings (SSSR count). The van der Waals surface area contributed by atoms with E-state index in [-0.39, 0.29) is 29.2 Å². The van der Waals surface area contributed by atoms with Crippen LogP contribution in [-0.4, -0.2) is 39.5 Å². The molecule has 44 heavy (non-hydrogen) atoms. The maximum atomic E-state index is 13.1. The normalized spacial score (nSPS) is 37.8. The molecule has 4 fully saturated rings. The van der Waals surface area contributed by atoms with Crippen molar-refractivity contribution in [1.82, 2.24) is 0 Å². The lowest BCUT2D eigenvalue weighted by molar-refractivity contribution is -0.299. The van der Waals surface area contributed by atoms with E-state index in [9.17, 15) is 13.2 Å². The van der Waals surface area contributed by atoms with Crippen molar-refractivity contribution in [2.45, 2.75) is 129 Å². The fourth-order valence-corrected chi connectivity index (χ4v) is 12.1. The number of ether oxygens (including phenoxy) is 1. The van der Waals surface area contributed by atoms with E-state index in [1.807, 2.05) is 6.07 Å². The molecular weight excluding hydrogens is 572 g/mol. The second kappa shape index (κ2) is 13.7. The molecule has 7 heteroatoms. The zero-order chi connectivity index (χ0) is 31.7. The summed E-state index contributed by atoms with van der Waals surface area (Å²) in [7, 11) is -1.98. The molecule has 0 amide bonds. The van der Waals surface area contributed by atoms with Gasteiger partial charge in [-0.15, -0.1) is 0 Å². The Hall–Kier alpha value is -1.44. The molecule has 3 aliphatic carbocycles. The molecule has 10 atom stereocenters. The van der Waals surface area contributed by atoms with Gasteiger partial charge in [0.1, 0.15) is 6.10 Å². The van der Waals surface area contributed by atoms with Crippen LogP contribution in [-0.2, 0) is 29.1 Å². The van der Waals surface area contributed by atoms with Crippen LogP contribution in [0.15, 0.2) is 35.2 Å². The molecule has 6 nitrogen and oxygen atoms in total. The summed E-state index contributed by atoms with van der Waals surface area (Å²) in [5.74, 6) is 4.29. The van der Waals surface area contributed by atoms with Crippen molar-refractivity contribution in [3.05, 3.63) is 30.3 Å². The molecule has 5 unspecified atom stereocenters. The number of carbonyl (C=O) groups is 1. The first-order valence-electron chi connectivity index (χ1n) is 17.5. The van der Waals surface area contributed by atoms with Gasteiger partial charge in [0.25, 0.3) is 0 Å². The lowest BCUT2D eigenvalue weighted by Gasteiger charge is -2.59. The number of benzene rings is 1. The Kier molecular flexibility index (Phi) is 10.6. The molecule has 0 spiro atoms. The van der Waals surface area contributed by atoms with E-state index in [0.29, 0.717) is 35.0 Å². The highest BCUT2D eigenvalue weighted by atomic mass is 32.2. The predicted molar refractivity (Wildman–Crippen MR) is 173 cm³/mol. The summed E-state index contributed by atoms with van der Waals surface area (Å²) in [5, 5.41) is 0. The lowest BCUT2D eigenvalue weighted by atomic mass is 9.45. The van der Waals surface area contributed by atoms with Crippen LogP contribution < -0.4 is 0 Å². The number of rotatable bonds is 12. The fraction of sp³-hybridized carbons (Fsp3) is 0.811. The summed E-state index contributed by atoms with van der Waals surface area (Å²) in [6.45, 7) is 12.2. The highest BCUT2D eigenvalue weighted by Gasteiger charge is 2.60. The largest absolute Gasteiger partial charge is 0.469 e. The Balaban J connectivity index is 1.30. The quantitative estimate of drug-likeness (QED) is 0.170. The summed E-state index contributed by atoms with van der Waals surface area (Å²) >= 11 is 0. The van der Waals surface area contributed by atoms with Gasteiger partial charge < -0.3 is 4.74 Å². The van der Waals surface area contributed by atoms with Crippen LogP contribution in [0.2, 0.25) is 0 Å². The Morgan fingerprint density at radius 3 is 2.39 bits per heavy atom. The monoisotopic (exact) mass is 630 g/mol. The van der Waals surface area contributed by atoms with Crippen LogP contribution >= 0.6 is 0 Å². The molecule has 3 saturated carbocycles. The minimum absolute atomic E-state index is 0.0843. The first kappa shape index (κ1) is 33.9. The standard InChI is InChI=1S/C37H58O6S/c1-25(2)11-10-12-26(3)32-17-18-33-31-16-15-27(21-35(38)41-6)37(5,34(31)19-20-36(32,33)4)23-28-22-29(43-42-28)24-44(39,40)30-13-8-7-9-14-30/h7-9,13-14,25-29,31-34H,10-12,15-24H2,1-6H3/t26?,27-,28+,29+,31?,32?,33?,34?,36+,37-/m0/s1. The lowest BCUT2D eigenvalue weighted by Crippen LogP contribution is -2.53. The topological polar surface area (TPSA) is 78.9 Å². The Morgan fingerprint density at radius 1 is 0.955 bits per heavy atom. The van der Waals surface area contributed by atoms with Gasteiger partial charge in [-0.05, 0) is 109 Å². The van der Waals surface area contributed by atoms with E-state index >= 15 is 0 Å². The SMILES string of the molecule is COC(=O)C[C@@H]1CCC2C3CCC(C(C)CCCC(C)C)[C@@]3(C)CCC2[C@@]1(C)C[C@H]1C[C@H](CS(=O)(=O)c2ccccc2)OO1. The highest BCUT2D eigenvalue weighted by Crippen LogP contribution is 2.68. The zero-order valence-electron chi connectivity index (χ0n) is 28.1. The third-order valence-electron chi connectivity index (χ3n) is 12.9. The van der Waals surface area contributed by atoms with Crippen LogP contribution in [0.4, 0.5) is 0 Å². The highest BCUT2D eigenvalue weighted by molar-refractivity contribution is 7.91. The summed E-state index contributed by atoms with van der Waals surface area (Å²) in [6.07, 6.45) is 12.5. The number of esters is 1. The fourth-order valence-electron chi connectivity index (χ4n) is 10.7. The molecule has 0 aromatic heterocycles. The van der Waals surface area contributed by atoms with Gasteiger partial charge >= 0.3 is 5.97 Å². The molecule has 1 aromatic rings. The second-order valence-corrected chi connectivity index (χ2v) is 18.0. The van der Waals surface area contributed by atoms with Gasteiger partial charge in [-0.25, -0.2) is 18.2 Å². The van der Waals surface area contributed by atoms with Crippen molar-refractivity contribution >= 4 is 15.8 Å². The molecule has 248 valence electrons. The molecule has 1 aliphatic heterocycles. The van der Waals surface area contributed by atoms with Crippen molar-refractivity contribution in [1.29, 1.82) is 0 Å². The van der Waals surface area contributed by atoms with Gasteiger partial charge in [-0.1, -0.05) is 72.1 Å². The molecule has 0 bridgehead atoms. The number of hydrogen-bond acceptors (Lipinski definition) is 6. The third-order valence-corrected chi connectivity index (χ3v) is 14.7. The van der Waals surface area contributed by atoms with E-state index in [1.165, 1.54) is 58.5 Å². The summed E-state index contributed by atoms with van der Waals surface area (Å²) in [5.41, 5.74) is 0.305. The van der Waals surface area contributed by atoms with Crippen molar-refractivity contribution in [2.75, 3.05) is 12.9 Å². The van der Waals surface area contributed by atoms with Gasteiger partial charge in [0, 0.05) is 12.8 Å². The number of fused-ring (bicyclic) bond motifs is 3. The number of hydrogen-bond donors (Lipinski definition) is 0. The van der Waals surface area contributed by atoms with Gasteiger partial charge in [0.05, 0.1) is 23.9 Å². The van der Waals surface area contributed by atoms with E-state index in [0.717, 1.165) is 36.5 Å². The van der Waals surface area contributed by atoms with E-state index in [1.54, 1.807) is 24.3 Å². The Labute approximate surface area is 267 Å². The second-order valence-electron chi connectivity index (χ2n) is 15.9. The Bertz CT molecular complexity index is 1220. The molecule has 4 aliphatic rings. The van der Waals surface area contributed by atoms with Crippen LogP contribution in [0.1, 0.15) is 112 Å². The molecular formula is C37H58O6S. The van der Waals surface area contributed by atoms with E-state index in [2.05, 4.69) is 34.6 Å². The molecule has 1 aromatic carbocycles. The van der Waals surface area contributed by atoms with E-state index < -0.39 is 15.9 Å². The van der Waals surface area contributed by atoms with Gasteiger partial charge in [0.2, 0.25) is 0 Å². The number of sulfone groups is 1. The van der Waals surface area contributed by atoms with Crippen molar-refractivity contribution in [3.63, 3.8) is 0 Å². The summed E-state index contributed by atoms with van der Waals surface area (Å²) < 4.78 is 31.3. The van der Waals surface area contributed by atoms with Gasteiger partial charge in [0.15, 0.2) is 9.84 Å². The minimum atomic E-state index is -3.47. The van der Waals surface area contributed by atoms with Crippen molar-refractivity contribution in [2.24, 2.45) is 52.3 Å². The zero-order valence-corrected chi connectivity index (χ0v) is 28.9. The van der Waals surface area contributed by atoms with Gasteiger partial charge in [-0.2, -0.15) is 0 Å². The third kappa shape index (κ3) is 6.95. The molecule has 0 N–H and O–H groups in total. The molecule has 0 radical (unpaired) electrons. The minimum Gasteiger partial charge on any atom is -0.469 e. The predicted octanol–water partition coefficient (Wildman–Crippen LogP) is 8.44. The smallest absolute Gasteiger partial charge is 0.305 e. The first-order valence-corrected chi connectivity index (χ1v) is 19.2. The van der Waals surface area contributed by atoms with Gasteiger partial charge in [-0.3, -0.25) is 4.79 Å². The van der Waals surface area contributed by atoms with E-state index in [4.69, 9.17) is 14.5 Å². The average molecular weight is 631 g/mol. The van der Waals surface area contributed by atoms with Crippen molar-refractivity contribution < 1.29 is 27.7 Å². The van der Waals surface area contributed by atoms with Crippen LogP contribution in [0, 0.1) is 52.3 Å². The average Bonchev–Trinajstić information content (AvgIpc) is 3.57. The van der Waals surface area contributed by atoms with Crippen LogP contribution in [0.3, 0.4) is 0 Å². The molecule has 1 heterocycles. The summed E-state index contributed by atoms with van der Waals surface area (Å²) in [4.78, 5) is 24.6. The van der Waals surface area contributed by atoms with Crippen LogP contribution in [0.25, 0.3) is 0 Å². The van der Waals surface area contributed by atoms with Crippen molar-refractivity contribution in [3.8, 4) is 0 Å².